The van der Waals surface area contributed by atoms with E-state index in [1.54, 1.807) is 6.26 Å². The zero-order chi connectivity index (χ0) is 11.9. The third-order valence-corrected chi connectivity index (χ3v) is 4.08. The smallest absolute Gasteiger partial charge is 0.120 e. The van der Waals surface area contributed by atoms with Crippen LogP contribution in [0, 0.1) is 5.41 Å². The van der Waals surface area contributed by atoms with E-state index in [0.717, 1.165) is 31.6 Å². The summed E-state index contributed by atoms with van der Waals surface area (Å²) in [6.07, 6.45) is 6.17. The van der Waals surface area contributed by atoms with Gasteiger partial charge in [-0.25, -0.2) is 0 Å². The van der Waals surface area contributed by atoms with Crippen LogP contribution in [0.1, 0.15) is 51.3 Å². The molecule has 3 nitrogen and oxygen atoms in total. The van der Waals surface area contributed by atoms with Crippen LogP contribution in [0.4, 0.5) is 0 Å². The fourth-order valence-electron chi connectivity index (χ4n) is 3.24. The molecule has 17 heavy (non-hydrogen) atoms. The van der Waals surface area contributed by atoms with E-state index in [0.29, 0.717) is 11.5 Å². The number of rotatable bonds is 1. The minimum Gasteiger partial charge on any atom is -0.468 e. The molecule has 2 atom stereocenters. The second-order valence-electron chi connectivity index (χ2n) is 6.18. The van der Waals surface area contributed by atoms with Crippen LogP contribution in [0.3, 0.4) is 0 Å². The molecule has 2 aliphatic rings. The zero-order valence-electron chi connectivity index (χ0n) is 10.7. The fourth-order valence-corrected chi connectivity index (χ4v) is 3.24. The average Bonchev–Trinajstić information content (AvgIpc) is 2.88. The highest BCUT2D eigenvalue weighted by Gasteiger charge is 2.47. The molecule has 94 valence electrons. The molecule has 0 bridgehead atoms. The van der Waals surface area contributed by atoms with Gasteiger partial charge in [-0.3, -0.25) is 5.32 Å². The van der Waals surface area contributed by atoms with Crippen LogP contribution in [-0.4, -0.2) is 12.3 Å². The maximum atomic E-state index is 6.04. The lowest BCUT2D eigenvalue weighted by molar-refractivity contribution is -0.113. The summed E-state index contributed by atoms with van der Waals surface area (Å²) in [4.78, 5) is 0. The molecule has 1 saturated carbocycles. The van der Waals surface area contributed by atoms with Crippen molar-refractivity contribution in [2.75, 3.05) is 6.61 Å². The Morgan fingerprint density at radius 3 is 2.88 bits per heavy atom. The topological polar surface area (TPSA) is 34.4 Å². The number of hydrogen-bond donors (Lipinski definition) is 1. The van der Waals surface area contributed by atoms with Crippen LogP contribution in [0.5, 0.6) is 0 Å². The SMILES string of the molecule is CC1(C)CCC2(C1)NC(c1ccco1)CCO2. The van der Waals surface area contributed by atoms with Gasteiger partial charge < -0.3 is 9.15 Å². The van der Waals surface area contributed by atoms with Crippen molar-refractivity contribution in [1.29, 1.82) is 0 Å². The van der Waals surface area contributed by atoms with E-state index in [9.17, 15) is 0 Å². The third kappa shape index (κ3) is 2.14. The highest BCUT2D eigenvalue weighted by Crippen LogP contribution is 2.46. The lowest BCUT2D eigenvalue weighted by atomic mass is 9.90. The predicted molar refractivity (Wildman–Crippen MR) is 65.5 cm³/mol. The Balaban J connectivity index is 1.76. The second kappa shape index (κ2) is 3.85. The lowest BCUT2D eigenvalue weighted by Gasteiger charge is -2.40. The molecule has 2 heterocycles. The van der Waals surface area contributed by atoms with Gasteiger partial charge in [0.05, 0.1) is 18.9 Å². The Morgan fingerprint density at radius 2 is 2.24 bits per heavy atom. The van der Waals surface area contributed by atoms with Crippen LogP contribution < -0.4 is 5.32 Å². The van der Waals surface area contributed by atoms with Gasteiger partial charge in [0.1, 0.15) is 11.5 Å². The summed E-state index contributed by atoms with van der Waals surface area (Å²) >= 11 is 0. The van der Waals surface area contributed by atoms with E-state index in [4.69, 9.17) is 9.15 Å². The normalized spacial score (nSPS) is 36.5. The molecule has 1 aromatic rings. The zero-order valence-corrected chi connectivity index (χ0v) is 10.7. The minimum atomic E-state index is -0.112. The molecule has 1 saturated heterocycles. The summed E-state index contributed by atoms with van der Waals surface area (Å²) in [6.45, 7) is 5.47. The first-order valence-corrected chi connectivity index (χ1v) is 6.54. The third-order valence-electron chi connectivity index (χ3n) is 4.08. The number of nitrogens with one attached hydrogen (secondary N) is 1. The molecule has 1 aromatic heterocycles. The van der Waals surface area contributed by atoms with Crippen molar-refractivity contribution in [2.45, 2.75) is 51.3 Å². The molecule has 1 spiro atoms. The standard InChI is InChI=1S/C14H21NO2/c1-13(2)6-7-14(10-13)15-11(5-9-17-14)12-4-3-8-16-12/h3-4,8,11,15H,5-7,9-10H2,1-2H3. The van der Waals surface area contributed by atoms with E-state index in [1.165, 1.54) is 6.42 Å². The Morgan fingerprint density at radius 1 is 1.35 bits per heavy atom. The summed E-state index contributed by atoms with van der Waals surface area (Å²) in [5.74, 6) is 1.04. The Labute approximate surface area is 103 Å². The number of hydrogen-bond acceptors (Lipinski definition) is 3. The maximum absolute atomic E-state index is 6.04. The minimum absolute atomic E-state index is 0.112. The Hall–Kier alpha value is -0.800. The van der Waals surface area contributed by atoms with Gasteiger partial charge in [-0.05, 0) is 43.2 Å². The monoisotopic (exact) mass is 235 g/mol. The maximum Gasteiger partial charge on any atom is 0.120 e. The van der Waals surface area contributed by atoms with Crippen LogP contribution in [0.2, 0.25) is 0 Å². The van der Waals surface area contributed by atoms with E-state index in [1.807, 2.05) is 6.07 Å². The molecule has 3 heteroatoms. The van der Waals surface area contributed by atoms with Crippen molar-refractivity contribution in [1.82, 2.24) is 5.32 Å². The van der Waals surface area contributed by atoms with Gasteiger partial charge in [0.25, 0.3) is 0 Å². The summed E-state index contributed by atoms with van der Waals surface area (Å²) < 4.78 is 11.5. The molecule has 1 aliphatic heterocycles. The predicted octanol–water partition coefficient (Wildman–Crippen LogP) is 3.24. The van der Waals surface area contributed by atoms with Gasteiger partial charge in [-0.1, -0.05) is 13.8 Å². The highest BCUT2D eigenvalue weighted by molar-refractivity contribution is 5.08. The molecule has 0 aromatic carbocycles. The molecule has 2 fully saturated rings. The van der Waals surface area contributed by atoms with Gasteiger partial charge >= 0.3 is 0 Å². The van der Waals surface area contributed by atoms with Gasteiger partial charge in [0.15, 0.2) is 0 Å². The molecule has 2 unspecified atom stereocenters. The summed E-state index contributed by atoms with van der Waals surface area (Å²) in [5.41, 5.74) is 0.275. The van der Waals surface area contributed by atoms with Gasteiger partial charge in [-0.2, -0.15) is 0 Å². The average molecular weight is 235 g/mol. The van der Waals surface area contributed by atoms with Crippen molar-refractivity contribution in [3.8, 4) is 0 Å². The summed E-state index contributed by atoms with van der Waals surface area (Å²) in [6, 6.07) is 4.32. The molecule has 1 aliphatic carbocycles. The number of ether oxygens (including phenoxy) is 1. The first kappa shape index (κ1) is 11.3. The molecule has 1 N–H and O–H groups in total. The number of furan rings is 1. The quantitative estimate of drug-likeness (QED) is 0.811. The van der Waals surface area contributed by atoms with Gasteiger partial charge in [-0.15, -0.1) is 0 Å². The van der Waals surface area contributed by atoms with Crippen molar-refractivity contribution in [3.63, 3.8) is 0 Å². The van der Waals surface area contributed by atoms with Crippen LogP contribution in [-0.2, 0) is 4.74 Å². The second-order valence-corrected chi connectivity index (χ2v) is 6.18. The fraction of sp³-hybridized carbons (Fsp3) is 0.714. The summed E-state index contributed by atoms with van der Waals surface area (Å²) in [5, 5.41) is 3.67. The molecular weight excluding hydrogens is 214 g/mol. The van der Waals surface area contributed by atoms with Crippen molar-refractivity contribution in [2.24, 2.45) is 5.41 Å². The van der Waals surface area contributed by atoms with E-state index in [2.05, 4.69) is 25.2 Å². The molecule has 3 rings (SSSR count). The molecule has 0 radical (unpaired) electrons. The van der Waals surface area contributed by atoms with E-state index < -0.39 is 0 Å². The van der Waals surface area contributed by atoms with Gasteiger partial charge in [0.2, 0.25) is 0 Å². The largest absolute Gasteiger partial charge is 0.468 e. The van der Waals surface area contributed by atoms with E-state index >= 15 is 0 Å². The van der Waals surface area contributed by atoms with Crippen LogP contribution >= 0.6 is 0 Å². The Bertz CT molecular complexity index is 385. The van der Waals surface area contributed by atoms with Crippen LogP contribution in [0.25, 0.3) is 0 Å². The van der Waals surface area contributed by atoms with E-state index in [-0.39, 0.29) is 5.72 Å². The van der Waals surface area contributed by atoms with Crippen LogP contribution in [0.15, 0.2) is 22.8 Å². The first-order chi connectivity index (χ1) is 8.09. The highest BCUT2D eigenvalue weighted by atomic mass is 16.5. The summed E-state index contributed by atoms with van der Waals surface area (Å²) in [7, 11) is 0. The molecular formula is C14H21NO2. The van der Waals surface area contributed by atoms with Crippen molar-refractivity contribution >= 4 is 0 Å². The first-order valence-electron chi connectivity index (χ1n) is 6.54. The Kier molecular flexibility index (Phi) is 2.56. The van der Waals surface area contributed by atoms with Crippen molar-refractivity contribution < 1.29 is 9.15 Å². The lowest BCUT2D eigenvalue weighted by Crippen LogP contribution is -2.51. The van der Waals surface area contributed by atoms with Crippen molar-refractivity contribution in [3.05, 3.63) is 24.2 Å². The molecule has 0 amide bonds. The van der Waals surface area contributed by atoms with Gasteiger partial charge in [0, 0.05) is 0 Å².